The minimum Gasteiger partial charge on any atom is -0.405 e. The van der Waals surface area contributed by atoms with Crippen molar-refractivity contribution in [3.8, 4) is 5.75 Å². The highest BCUT2D eigenvalue weighted by molar-refractivity contribution is 5.59. The van der Waals surface area contributed by atoms with E-state index in [1.54, 1.807) is 18.2 Å². The van der Waals surface area contributed by atoms with Gasteiger partial charge in [-0.3, -0.25) is 0 Å². The van der Waals surface area contributed by atoms with E-state index in [-0.39, 0.29) is 5.75 Å². The third-order valence-electron chi connectivity index (χ3n) is 2.50. The molecule has 20 heavy (non-hydrogen) atoms. The molecule has 0 saturated carbocycles. The summed E-state index contributed by atoms with van der Waals surface area (Å²) in [5, 5.41) is 3.24. The Labute approximate surface area is 117 Å². The number of alkyl halides is 3. The van der Waals surface area contributed by atoms with Gasteiger partial charge in [-0.05, 0) is 25.5 Å². The predicted molar refractivity (Wildman–Crippen MR) is 74.5 cm³/mol. The fourth-order valence-corrected chi connectivity index (χ4v) is 1.69. The summed E-state index contributed by atoms with van der Waals surface area (Å²) in [6.07, 6.45) is -2.97. The summed E-state index contributed by atoms with van der Waals surface area (Å²) in [6, 6.07) is 6.12. The fourth-order valence-electron chi connectivity index (χ4n) is 1.69. The zero-order chi connectivity index (χ0) is 15.2. The number of rotatable bonds is 6. The van der Waals surface area contributed by atoms with Crippen LogP contribution in [0.3, 0.4) is 0 Å². The molecule has 0 unspecified atom stereocenters. The summed E-state index contributed by atoms with van der Waals surface area (Å²) >= 11 is 0. The number of ether oxygens (including phenoxy) is 1. The molecule has 0 aliphatic heterocycles. The summed E-state index contributed by atoms with van der Waals surface area (Å²) in [5.41, 5.74) is 1.37. The lowest BCUT2D eigenvalue weighted by molar-refractivity contribution is -0.274. The average Bonchev–Trinajstić information content (AvgIpc) is 2.29. The van der Waals surface area contributed by atoms with Crippen LogP contribution < -0.4 is 10.1 Å². The third kappa shape index (κ3) is 6.61. The number of hydrogen-bond acceptors (Lipinski definition) is 2. The lowest BCUT2D eigenvalue weighted by Gasteiger charge is -2.12. The molecule has 1 aromatic rings. The molecular formula is C15H20F3NO. The molecule has 0 bridgehead atoms. The zero-order valence-electron chi connectivity index (χ0n) is 11.9. The lowest BCUT2D eigenvalue weighted by Crippen LogP contribution is -2.21. The van der Waals surface area contributed by atoms with Gasteiger partial charge in [-0.2, -0.15) is 0 Å². The molecule has 0 amide bonds. The second kappa shape index (κ2) is 7.33. The van der Waals surface area contributed by atoms with Crippen LogP contribution in [-0.4, -0.2) is 19.5 Å². The van der Waals surface area contributed by atoms with Crippen LogP contribution in [0.15, 0.2) is 29.8 Å². The van der Waals surface area contributed by atoms with E-state index in [0.29, 0.717) is 18.0 Å². The van der Waals surface area contributed by atoms with Crippen LogP contribution in [-0.2, 0) is 0 Å². The van der Waals surface area contributed by atoms with Crippen LogP contribution in [0.5, 0.6) is 5.75 Å². The highest BCUT2D eigenvalue weighted by Gasteiger charge is 2.31. The van der Waals surface area contributed by atoms with Crippen molar-refractivity contribution in [1.29, 1.82) is 0 Å². The van der Waals surface area contributed by atoms with Crippen molar-refractivity contribution in [2.24, 2.45) is 5.92 Å². The molecule has 0 heterocycles. The van der Waals surface area contributed by atoms with Gasteiger partial charge in [0.25, 0.3) is 0 Å². The van der Waals surface area contributed by atoms with Crippen molar-refractivity contribution in [1.82, 2.24) is 5.32 Å². The van der Waals surface area contributed by atoms with Gasteiger partial charge in [0.05, 0.1) is 0 Å². The lowest BCUT2D eigenvalue weighted by atomic mass is 10.1. The zero-order valence-corrected chi connectivity index (χ0v) is 11.9. The van der Waals surface area contributed by atoms with Gasteiger partial charge in [-0.1, -0.05) is 43.7 Å². The number of benzene rings is 1. The Bertz CT molecular complexity index is 453. The summed E-state index contributed by atoms with van der Waals surface area (Å²) in [5.74, 6) is 0.354. The summed E-state index contributed by atoms with van der Waals surface area (Å²) < 4.78 is 40.9. The number of para-hydroxylation sites is 1. The quantitative estimate of drug-likeness (QED) is 0.845. The number of nitrogens with one attached hydrogen (secondary N) is 1. The van der Waals surface area contributed by atoms with Crippen molar-refractivity contribution in [3.63, 3.8) is 0 Å². The minimum absolute atomic E-state index is 0.178. The third-order valence-corrected chi connectivity index (χ3v) is 2.50. The Morgan fingerprint density at radius 2 is 1.95 bits per heavy atom. The van der Waals surface area contributed by atoms with Gasteiger partial charge in [0, 0.05) is 12.1 Å². The number of hydrogen-bond donors (Lipinski definition) is 1. The maximum atomic E-state index is 12.3. The molecule has 0 aliphatic carbocycles. The normalized spacial score (nSPS) is 12.8. The largest absolute Gasteiger partial charge is 0.573 e. The van der Waals surface area contributed by atoms with E-state index in [4.69, 9.17) is 0 Å². The second-order valence-electron chi connectivity index (χ2n) is 5.10. The highest BCUT2D eigenvalue weighted by atomic mass is 19.4. The molecular weight excluding hydrogens is 267 g/mol. The van der Waals surface area contributed by atoms with E-state index in [1.807, 2.05) is 6.92 Å². The van der Waals surface area contributed by atoms with Gasteiger partial charge in [0.2, 0.25) is 0 Å². The molecule has 1 N–H and O–H groups in total. The minimum atomic E-state index is -4.67. The van der Waals surface area contributed by atoms with Crippen LogP contribution in [0, 0.1) is 5.92 Å². The smallest absolute Gasteiger partial charge is 0.405 e. The SMILES string of the molecule is CC(=Cc1ccccc1OC(F)(F)F)CNCC(C)C. The van der Waals surface area contributed by atoms with E-state index >= 15 is 0 Å². The summed E-state index contributed by atoms with van der Waals surface area (Å²) in [6.45, 7) is 7.57. The summed E-state index contributed by atoms with van der Waals surface area (Å²) in [7, 11) is 0. The Kier molecular flexibility index (Phi) is 6.07. The molecule has 1 aromatic carbocycles. The average molecular weight is 287 g/mol. The first-order chi connectivity index (χ1) is 9.28. The standard InChI is InChI=1S/C15H20F3NO/c1-11(2)9-19-10-12(3)8-13-6-4-5-7-14(13)20-15(16,17)18/h4-8,11,19H,9-10H2,1-3H3. The molecule has 0 atom stereocenters. The van der Waals surface area contributed by atoms with Crippen molar-refractivity contribution < 1.29 is 17.9 Å². The highest BCUT2D eigenvalue weighted by Crippen LogP contribution is 2.27. The fraction of sp³-hybridized carbons (Fsp3) is 0.467. The molecule has 1 rings (SSSR count). The maximum Gasteiger partial charge on any atom is 0.573 e. The Morgan fingerprint density at radius 3 is 2.55 bits per heavy atom. The Morgan fingerprint density at radius 1 is 1.30 bits per heavy atom. The van der Waals surface area contributed by atoms with Crippen LogP contribution in [0.2, 0.25) is 0 Å². The Hall–Kier alpha value is -1.49. The first-order valence-corrected chi connectivity index (χ1v) is 6.50. The van der Waals surface area contributed by atoms with E-state index in [1.165, 1.54) is 12.1 Å². The molecule has 0 aliphatic rings. The van der Waals surface area contributed by atoms with Crippen molar-refractivity contribution in [3.05, 3.63) is 35.4 Å². The molecule has 2 nitrogen and oxygen atoms in total. The Balaban J connectivity index is 2.75. The van der Waals surface area contributed by atoms with Crippen LogP contribution in [0.1, 0.15) is 26.3 Å². The molecule has 0 aromatic heterocycles. The maximum absolute atomic E-state index is 12.3. The van der Waals surface area contributed by atoms with Gasteiger partial charge in [0.15, 0.2) is 0 Å². The first-order valence-electron chi connectivity index (χ1n) is 6.50. The van der Waals surface area contributed by atoms with Gasteiger partial charge in [-0.15, -0.1) is 13.2 Å². The second-order valence-corrected chi connectivity index (χ2v) is 5.10. The van der Waals surface area contributed by atoms with Gasteiger partial charge < -0.3 is 10.1 Å². The molecule has 0 saturated heterocycles. The summed E-state index contributed by atoms with van der Waals surface area (Å²) in [4.78, 5) is 0. The van der Waals surface area contributed by atoms with Crippen LogP contribution in [0.4, 0.5) is 13.2 Å². The van der Waals surface area contributed by atoms with Gasteiger partial charge in [0.1, 0.15) is 5.75 Å². The number of halogens is 3. The van der Waals surface area contributed by atoms with E-state index in [0.717, 1.165) is 12.1 Å². The monoisotopic (exact) mass is 287 g/mol. The van der Waals surface area contributed by atoms with E-state index < -0.39 is 6.36 Å². The molecule has 0 fully saturated rings. The van der Waals surface area contributed by atoms with E-state index in [9.17, 15) is 13.2 Å². The van der Waals surface area contributed by atoms with Crippen LogP contribution in [0.25, 0.3) is 6.08 Å². The van der Waals surface area contributed by atoms with Crippen LogP contribution >= 0.6 is 0 Å². The van der Waals surface area contributed by atoms with E-state index in [2.05, 4.69) is 23.9 Å². The van der Waals surface area contributed by atoms with Gasteiger partial charge >= 0.3 is 6.36 Å². The van der Waals surface area contributed by atoms with Crippen molar-refractivity contribution >= 4 is 6.08 Å². The molecule has 112 valence electrons. The molecule has 0 radical (unpaired) electrons. The first kappa shape index (κ1) is 16.6. The van der Waals surface area contributed by atoms with Gasteiger partial charge in [-0.25, -0.2) is 0 Å². The van der Waals surface area contributed by atoms with Crippen molar-refractivity contribution in [2.45, 2.75) is 27.1 Å². The van der Waals surface area contributed by atoms with Crippen molar-refractivity contribution in [2.75, 3.05) is 13.1 Å². The molecule has 5 heteroatoms. The molecule has 0 spiro atoms. The topological polar surface area (TPSA) is 21.3 Å². The predicted octanol–water partition coefficient (Wildman–Crippen LogP) is 4.23.